The van der Waals surface area contributed by atoms with Crippen LogP contribution in [0.25, 0.3) is 0 Å². The molecule has 1 aromatic carbocycles. The van der Waals surface area contributed by atoms with Crippen molar-refractivity contribution in [3.63, 3.8) is 0 Å². The molecule has 0 radical (unpaired) electrons. The molecule has 0 unspecified atom stereocenters. The Morgan fingerprint density at radius 2 is 1.81 bits per heavy atom. The fourth-order valence-electron chi connectivity index (χ4n) is 2.57. The minimum atomic E-state index is -0.148. The second-order valence-corrected chi connectivity index (χ2v) is 5.52. The molecule has 0 aliphatic carbocycles. The molecule has 0 atom stereocenters. The van der Waals surface area contributed by atoms with Gasteiger partial charge in [0.25, 0.3) is 0 Å². The van der Waals surface area contributed by atoms with Crippen LogP contribution < -0.4 is 11.3 Å². The number of hydrogen-bond donors (Lipinski definition) is 2. The first-order valence-corrected chi connectivity index (χ1v) is 7.93. The molecule has 0 aromatic heterocycles. The Labute approximate surface area is 128 Å². The zero-order valence-corrected chi connectivity index (χ0v) is 13.6. The van der Waals surface area contributed by atoms with Gasteiger partial charge in [0, 0.05) is 13.1 Å². The van der Waals surface area contributed by atoms with Crippen LogP contribution in [0.15, 0.2) is 24.3 Å². The van der Waals surface area contributed by atoms with Gasteiger partial charge in [0.15, 0.2) is 0 Å². The standard InChI is InChI=1S/C17H29N3O/c1-4-14(5-2)12-20(6-3)13-16-10-8-7-9-15(16)11-17(21)19-18/h7-10,14H,4-6,11-13,18H2,1-3H3,(H,19,21). The number of hydrazine groups is 1. The summed E-state index contributed by atoms with van der Waals surface area (Å²) in [6.07, 6.45) is 2.77. The van der Waals surface area contributed by atoms with Crippen LogP contribution in [-0.2, 0) is 17.8 Å². The average Bonchev–Trinajstić information content (AvgIpc) is 2.52. The third-order valence-corrected chi connectivity index (χ3v) is 4.14. The van der Waals surface area contributed by atoms with E-state index in [1.54, 1.807) is 0 Å². The van der Waals surface area contributed by atoms with Gasteiger partial charge in [-0.2, -0.15) is 0 Å². The van der Waals surface area contributed by atoms with Crippen molar-refractivity contribution in [2.24, 2.45) is 11.8 Å². The van der Waals surface area contributed by atoms with Crippen LogP contribution in [0.1, 0.15) is 44.7 Å². The third-order valence-electron chi connectivity index (χ3n) is 4.14. The van der Waals surface area contributed by atoms with Gasteiger partial charge < -0.3 is 0 Å². The second kappa shape index (κ2) is 9.53. The number of nitrogens with two attached hydrogens (primary N) is 1. The van der Waals surface area contributed by atoms with Crippen molar-refractivity contribution in [3.8, 4) is 0 Å². The van der Waals surface area contributed by atoms with E-state index in [2.05, 4.69) is 37.2 Å². The molecule has 4 heteroatoms. The maximum Gasteiger partial charge on any atom is 0.238 e. The van der Waals surface area contributed by atoms with Crippen molar-refractivity contribution in [1.82, 2.24) is 10.3 Å². The Kier molecular flexibility index (Phi) is 8.01. The number of hydrogen-bond acceptors (Lipinski definition) is 3. The lowest BCUT2D eigenvalue weighted by molar-refractivity contribution is -0.120. The number of amides is 1. The lowest BCUT2D eigenvalue weighted by atomic mass is 10.0. The summed E-state index contributed by atoms with van der Waals surface area (Å²) in [6.45, 7) is 9.72. The van der Waals surface area contributed by atoms with Crippen molar-refractivity contribution in [2.75, 3.05) is 13.1 Å². The summed E-state index contributed by atoms with van der Waals surface area (Å²) < 4.78 is 0. The minimum absolute atomic E-state index is 0.148. The van der Waals surface area contributed by atoms with Gasteiger partial charge in [-0.1, -0.05) is 57.9 Å². The largest absolute Gasteiger partial charge is 0.299 e. The minimum Gasteiger partial charge on any atom is -0.299 e. The molecule has 1 aromatic rings. The van der Waals surface area contributed by atoms with Crippen molar-refractivity contribution < 1.29 is 4.79 Å². The van der Waals surface area contributed by atoms with E-state index in [1.807, 2.05) is 18.2 Å². The Morgan fingerprint density at radius 1 is 1.19 bits per heavy atom. The molecule has 0 heterocycles. The topological polar surface area (TPSA) is 58.4 Å². The van der Waals surface area contributed by atoms with Crippen LogP contribution in [-0.4, -0.2) is 23.9 Å². The van der Waals surface area contributed by atoms with E-state index < -0.39 is 0 Å². The molecule has 0 fully saturated rings. The number of carbonyl (C=O) groups is 1. The maximum atomic E-state index is 11.5. The third kappa shape index (κ3) is 5.86. The Hall–Kier alpha value is -1.39. The molecule has 0 bridgehead atoms. The van der Waals surface area contributed by atoms with E-state index in [1.165, 1.54) is 18.4 Å². The summed E-state index contributed by atoms with van der Waals surface area (Å²) in [6, 6.07) is 8.12. The molecule has 1 rings (SSSR count). The highest BCUT2D eigenvalue weighted by Gasteiger charge is 2.13. The van der Waals surface area contributed by atoms with Gasteiger partial charge in [-0.25, -0.2) is 5.84 Å². The molecule has 1 amide bonds. The monoisotopic (exact) mass is 291 g/mol. The molecule has 0 saturated heterocycles. The van der Waals surface area contributed by atoms with Crippen molar-refractivity contribution in [2.45, 2.75) is 46.6 Å². The SMILES string of the molecule is CCC(CC)CN(CC)Cc1ccccc1CC(=O)NN. The highest BCUT2D eigenvalue weighted by Crippen LogP contribution is 2.16. The molecular weight excluding hydrogens is 262 g/mol. The Balaban J connectivity index is 2.77. The van der Waals surface area contributed by atoms with Crippen LogP contribution in [0.2, 0.25) is 0 Å². The van der Waals surface area contributed by atoms with Crippen LogP contribution in [0.3, 0.4) is 0 Å². The van der Waals surface area contributed by atoms with Crippen LogP contribution >= 0.6 is 0 Å². The molecule has 21 heavy (non-hydrogen) atoms. The lowest BCUT2D eigenvalue weighted by Gasteiger charge is -2.26. The Bertz CT molecular complexity index is 430. The fourth-order valence-corrected chi connectivity index (χ4v) is 2.57. The van der Waals surface area contributed by atoms with Gasteiger partial charge >= 0.3 is 0 Å². The highest BCUT2D eigenvalue weighted by molar-refractivity contribution is 5.78. The molecule has 0 aliphatic heterocycles. The van der Waals surface area contributed by atoms with E-state index >= 15 is 0 Å². The lowest BCUT2D eigenvalue weighted by Crippen LogP contribution is -2.32. The number of carbonyl (C=O) groups excluding carboxylic acids is 1. The van der Waals surface area contributed by atoms with Gasteiger partial charge in [-0.3, -0.25) is 15.1 Å². The van der Waals surface area contributed by atoms with Crippen LogP contribution in [0.4, 0.5) is 0 Å². The number of nitrogens with zero attached hydrogens (tertiary/aromatic N) is 1. The van der Waals surface area contributed by atoms with Gasteiger partial charge in [0.2, 0.25) is 5.91 Å². The first kappa shape index (κ1) is 17.7. The first-order valence-electron chi connectivity index (χ1n) is 7.93. The highest BCUT2D eigenvalue weighted by atomic mass is 16.2. The number of benzene rings is 1. The van der Waals surface area contributed by atoms with Crippen molar-refractivity contribution in [1.29, 1.82) is 0 Å². The summed E-state index contributed by atoms with van der Waals surface area (Å²) >= 11 is 0. The average molecular weight is 291 g/mol. The van der Waals surface area contributed by atoms with Gasteiger partial charge in [-0.05, 0) is 23.6 Å². The summed E-state index contributed by atoms with van der Waals surface area (Å²) in [7, 11) is 0. The maximum absolute atomic E-state index is 11.5. The molecule has 118 valence electrons. The van der Waals surface area contributed by atoms with Crippen molar-refractivity contribution in [3.05, 3.63) is 35.4 Å². The number of rotatable bonds is 9. The zero-order valence-electron chi connectivity index (χ0n) is 13.6. The predicted molar refractivity (Wildman–Crippen MR) is 87.5 cm³/mol. The summed E-state index contributed by atoms with van der Waals surface area (Å²) in [5.41, 5.74) is 4.48. The number of nitrogens with one attached hydrogen (secondary N) is 1. The van der Waals surface area contributed by atoms with Crippen LogP contribution in [0, 0.1) is 5.92 Å². The molecule has 3 N–H and O–H groups in total. The van der Waals surface area contributed by atoms with Gasteiger partial charge in [0.05, 0.1) is 6.42 Å². The molecule has 0 saturated carbocycles. The fraction of sp³-hybridized carbons (Fsp3) is 0.588. The molecule has 4 nitrogen and oxygen atoms in total. The summed E-state index contributed by atoms with van der Waals surface area (Å²) in [5, 5.41) is 0. The molecular formula is C17H29N3O. The van der Waals surface area contributed by atoms with Crippen LogP contribution in [0.5, 0.6) is 0 Å². The van der Waals surface area contributed by atoms with E-state index in [9.17, 15) is 4.79 Å². The quantitative estimate of drug-likeness (QED) is 0.417. The van der Waals surface area contributed by atoms with Crippen molar-refractivity contribution >= 4 is 5.91 Å². The summed E-state index contributed by atoms with van der Waals surface area (Å²) in [4.78, 5) is 14.0. The molecule has 0 aliphatic rings. The summed E-state index contributed by atoms with van der Waals surface area (Å²) in [5.74, 6) is 5.78. The van der Waals surface area contributed by atoms with E-state index in [4.69, 9.17) is 5.84 Å². The smallest absolute Gasteiger partial charge is 0.238 e. The van der Waals surface area contributed by atoms with Gasteiger partial charge in [-0.15, -0.1) is 0 Å². The van der Waals surface area contributed by atoms with Gasteiger partial charge in [0.1, 0.15) is 0 Å². The Morgan fingerprint density at radius 3 is 2.33 bits per heavy atom. The normalized spacial score (nSPS) is 11.1. The molecule has 0 spiro atoms. The van der Waals surface area contributed by atoms with E-state index in [0.717, 1.165) is 31.1 Å². The first-order chi connectivity index (χ1) is 10.1. The van der Waals surface area contributed by atoms with E-state index in [0.29, 0.717) is 6.42 Å². The predicted octanol–water partition coefficient (Wildman–Crippen LogP) is 2.48. The zero-order chi connectivity index (χ0) is 15.7. The van der Waals surface area contributed by atoms with E-state index in [-0.39, 0.29) is 5.91 Å². The second-order valence-electron chi connectivity index (χ2n) is 5.52.